The lowest BCUT2D eigenvalue weighted by atomic mass is 10.2. The van der Waals surface area contributed by atoms with Crippen molar-refractivity contribution in [1.82, 2.24) is 0 Å². The fourth-order valence-electron chi connectivity index (χ4n) is 0.327. The summed E-state index contributed by atoms with van der Waals surface area (Å²) in [7, 11) is 0. The van der Waals surface area contributed by atoms with Crippen LogP contribution in [0.1, 0.15) is 13.8 Å². The highest BCUT2D eigenvalue weighted by Gasteiger charge is 2.30. The fraction of sp³-hybridized carbons (Fsp3) is 0.500. The van der Waals surface area contributed by atoms with Crippen molar-refractivity contribution in [3.63, 3.8) is 0 Å². The first-order chi connectivity index (χ1) is 4.00. The van der Waals surface area contributed by atoms with E-state index in [1.807, 2.05) is 0 Å². The maximum Gasteiger partial charge on any atom is 0.323 e. The number of halogens is 2. The smallest absolute Gasteiger partial charge is 0.293 e. The average molecular weight is 134 g/mol. The van der Waals surface area contributed by atoms with Gasteiger partial charge in [0, 0.05) is 6.92 Å². The van der Waals surface area contributed by atoms with Crippen LogP contribution >= 0.6 is 0 Å². The number of carbonyl (C=O) groups is 1. The number of Topliss-reactive ketones (excluding diaryl/α,β-unsaturated/α-hetero) is 1. The van der Waals surface area contributed by atoms with Gasteiger partial charge in [-0.05, 0) is 13.0 Å². The third-order valence-corrected chi connectivity index (χ3v) is 0.845. The van der Waals surface area contributed by atoms with Gasteiger partial charge in [-0.2, -0.15) is 8.78 Å². The molecule has 0 aromatic rings. The van der Waals surface area contributed by atoms with Gasteiger partial charge in [-0.15, -0.1) is 0 Å². The van der Waals surface area contributed by atoms with Crippen molar-refractivity contribution in [3.05, 3.63) is 12.2 Å². The second-order valence-corrected chi connectivity index (χ2v) is 1.68. The standard InChI is InChI=1S/C6H8F2O/c1-3-4-6(7,8)5(2)9/h3-4H,1-2H3. The van der Waals surface area contributed by atoms with Gasteiger partial charge >= 0.3 is 5.92 Å². The maximum absolute atomic E-state index is 12.1. The summed E-state index contributed by atoms with van der Waals surface area (Å²) in [5.74, 6) is -4.39. The molecule has 0 aromatic heterocycles. The van der Waals surface area contributed by atoms with E-state index in [9.17, 15) is 13.6 Å². The molecule has 0 N–H and O–H groups in total. The average Bonchev–Trinajstić information content (AvgIpc) is 1.65. The molecule has 9 heavy (non-hydrogen) atoms. The Morgan fingerprint density at radius 2 is 2.00 bits per heavy atom. The van der Waals surface area contributed by atoms with Gasteiger partial charge in [0.15, 0.2) is 0 Å². The Kier molecular flexibility index (Phi) is 2.49. The minimum atomic E-state index is -3.27. The van der Waals surface area contributed by atoms with Gasteiger partial charge in [-0.3, -0.25) is 4.79 Å². The number of hydrogen-bond acceptors (Lipinski definition) is 1. The third kappa shape index (κ3) is 2.35. The topological polar surface area (TPSA) is 17.1 Å². The summed E-state index contributed by atoms with van der Waals surface area (Å²) in [4.78, 5) is 10.1. The summed E-state index contributed by atoms with van der Waals surface area (Å²) >= 11 is 0. The molecule has 1 nitrogen and oxygen atoms in total. The Balaban J connectivity index is 4.19. The van der Waals surface area contributed by atoms with E-state index in [-0.39, 0.29) is 0 Å². The molecule has 52 valence electrons. The highest BCUT2D eigenvalue weighted by atomic mass is 19.3. The molecule has 3 heteroatoms. The van der Waals surface area contributed by atoms with Gasteiger partial charge < -0.3 is 0 Å². The molecule has 0 aromatic carbocycles. The van der Waals surface area contributed by atoms with E-state index in [0.29, 0.717) is 6.08 Å². The molecule has 0 heterocycles. The van der Waals surface area contributed by atoms with Gasteiger partial charge in [0.1, 0.15) is 0 Å². The van der Waals surface area contributed by atoms with E-state index in [0.717, 1.165) is 13.0 Å². The number of alkyl halides is 2. The number of ketones is 1. The van der Waals surface area contributed by atoms with Crippen molar-refractivity contribution < 1.29 is 13.6 Å². The van der Waals surface area contributed by atoms with Crippen LogP contribution in [0.15, 0.2) is 12.2 Å². The quantitative estimate of drug-likeness (QED) is 0.526. The molecule has 0 saturated heterocycles. The van der Waals surface area contributed by atoms with Crippen molar-refractivity contribution in [1.29, 1.82) is 0 Å². The minimum Gasteiger partial charge on any atom is -0.293 e. The van der Waals surface area contributed by atoms with E-state index in [4.69, 9.17) is 0 Å². The molecule has 0 aliphatic heterocycles. The van der Waals surface area contributed by atoms with Crippen LogP contribution in [0, 0.1) is 0 Å². The van der Waals surface area contributed by atoms with E-state index in [1.165, 1.54) is 6.92 Å². The van der Waals surface area contributed by atoms with Crippen molar-refractivity contribution in [2.24, 2.45) is 0 Å². The van der Waals surface area contributed by atoms with Crippen LogP contribution in [0.4, 0.5) is 8.78 Å². The predicted molar refractivity (Wildman–Crippen MR) is 30.4 cm³/mol. The summed E-state index contributed by atoms with van der Waals surface area (Å²) in [6.45, 7) is 2.30. The lowest BCUT2D eigenvalue weighted by Gasteiger charge is -2.04. The van der Waals surface area contributed by atoms with E-state index in [1.54, 1.807) is 0 Å². The number of hydrogen-bond donors (Lipinski definition) is 0. The van der Waals surface area contributed by atoms with Crippen molar-refractivity contribution in [3.8, 4) is 0 Å². The van der Waals surface area contributed by atoms with Crippen molar-refractivity contribution >= 4 is 5.78 Å². The zero-order valence-electron chi connectivity index (χ0n) is 5.32. The largest absolute Gasteiger partial charge is 0.323 e. The Morgan fingerprint density at radius 1 is 1.56 bits per heavy atom. The molecule has 0 fully saturated rings. The van der Waals surface area contributed by atoms with Gasteiger partial charge in [-0.25, -0.2) is 0 Å². The van der Waals surface area contributed by atoms with Crippen LogP contribution in [0.5, 0.6) is 0 Å². The molecule has 0 bridgehead atoms. The molecular formula is C6H8F2O. The second-order valence-electron chi connectivity index (χ2n) is 1.68. The van der Waals surface area contributed by atoms with Crippen LogP contribution in [0.2, 0.25) is 0 Å². The zero-order valence-corrected chi connectivity index (χ0v) is 5.32. The molecule has 0 atom stereocenters. The molecule has 0 radical (unpaired) electrons. The summed E-state index contributed by atoms with van der Waals surface area (Å²) in [5, 5.41) is 0. The summed E-state index contributed by atoms with van der Waals surface area (Å²) in [6, 6.07) is 0. The van der Waals surface area contributed by atoms with Gasteiger partial charge in [0.2, 0.25) is 5.78 Å². The summed E-state index contributed by atoms with van der Waals surface area (Å²) < 4.78 is 24.2. The molecule has 0 unspecified atom stereocenters. The normalized spacial score (nSPS) is 12.4. The van der Waals surface area contributed by atoms with Crippen molar-refractivity contribution in [2.45, 2.75) is 19.8 Å². The first-order valence-corrected chi connectivity index (χ1v) is 2.53. The molecule has 0 rings (SSSR count). The summed E-state index contributed by atoms with van der Waals surface area (Å²) in [6.07, 6.45) is 1.73. The predicted octanol–water partition coefficient (Wildman–Crippen LogP) is 1.79. The van der Waals surface area contributed by atoms with E-state index < -0.39 is 11.7 Å². The minimum absolute atomic E-state index is 0.579. The Morgan fingerprint density at radius 3 is 2.11 bits per heavy atom. The van der Waals surface area contributed by atoms with Gasteiger partial charge in [0.05, 0.1) is 0 Å². The molecule has 0 aliphatic carbocycles. The van der Waals surface area contributed by atoms with Crippen LogP contribution in [0.25, 0.3) is 0 Å². The van der Waals surface area contributed by atoms with Gasteiger partial charge in [-0.1, -0.05) is 6.08 Å². The van der Waals surface area contributed by atoms with Gasteiger partial charge in [0.25, 0.3) is 0 Å². The van der Waals surface area contributed by atoms with Crippen LogP contribution in [-0.4, -0.2) is 11.7 Å². The number of carbonyl (C=O) groups excluding carboxylic acids is 1. The number of rotatable bonds is 2. The fourth-order valence-corrected chi connectivity index (χ4v) is 0.327. The Hall–Kier alpha value is -0.730. The highest BCUT2D eigenvalue weighted by molar-refractivity contribution is 5.85. The number of allylic oxidation sites excluding steroid dienone is 2. The van der Waals surface area contributed by atoms with Crippen LogP contribution < -0.4 is 0 Å². The third-order valence-electron chi connectivity index (χ3n) is 0.845. The molecule has 0 spiro atoms. The second kappa shape index (κ2) is 2.71. The lowest BCUT2D eigenvalue weighted by molar-refractivity contribution is -0.134. The Labute approximate surface area is 52.4 Å². The van der Waals surface area contributed by atoms with E-state index >= 15 is 0 Å². The highest BCUT2D eigenvalue weighted by Crippen LogP contribution is 2.15. The molecular weight excluding hydrogens is 126 g/mol. The zero-order chi connectivity index (χ0) is 7.49. The molecule has 0 aliphatic rings. The SMILES string of the molecule is CC=CC(F)(F)C(C)=O. The summed E-state index contributed by atoms with van der Waals surface area (Å²) in [5.41, 5.74) is 0. The Bertz CT molecular complexity index is 138. The maximum atomic E-state index is 12.1. The van der Waals surface area contributed by atoms with Crippen molar-refractivity contribution in [2.75, 3.05) is 0 Å². The molecule has 0 saturated carbocycles. The van der Waals surface area contributed by atoms with Crippen LogP contribution in [0.3, 0.4) is 0 Å². The monoisotopic (exact) mass is 134 g/mol. The first kappa shape index (κ1) is 8.27. The molecule has 0 amide bonds. The van der Waals surface area contributed by atoms with Crippen LogP contribution in [-0.2, 0) is 4.79 Å². The van der Waals surface area contributed by atoms with E-state index in [2.05, 4.69) is 0 Å². The first-order valence-electron chi connectivity index (χ1n) is 2.53. The lowest BCUT2D eigenvalue weighted by Crippen LogP contribution is -2.22.